The Hall–Kier alpha value is -1.38. The van der Waals surface area contributed by atoms with E-state index >= 15 is 0 Å². The van der Waals surface area contributed by atoms with E-state index in [1.54, 1.807) is 0 Å². The summed E-state index contributed by atoms with van der Waals surface area (Å²) in [5.74, 6) is 1.49. The van der Waals surface area contributed by atoms with E-state index in [1.165, 1.54) is 11.8 Å². The second-order valence-electron chi connectivity index (χ2n) is 9.79. The highest BCUT2D eigenvalue weighted by molar-refractivity contribution is 5.28. The summed E-state index contributed by atoms with van der Waals surface area (Å²) >= 11 is 0. The van der Waals surface area contributed by atoms with Crippen molar-refractivity contribution in [1.29, 1.82) is 5.39 Å². The number of fused-ring (bicyclic) bond motifs is 5. The molecule has 0 spiro atoms. The van der Waals surface area contributed by atoms with Gasteiger partial charge in [-0.3, -0.25) is 0 Å². The third-order valence-corrected chi connectivity index (χ3v) is 8.89. The average molecular weight is 374 g/mol. The van der Waals surface area contributed by atoms with Crippen molar-refractivity contribution in [2.45, 2.75) is 77.4 Å². The molecule has 0 radical (unpaired) electrons. The van der Waals surface area contributed by atoms with E-state index < -0.39 is 11.5 Å². The first-order valence-corrected chi connectivity index (χ1v) is 10.6. The van der Waals surface area contributed by atoms with Crippen LogP contribution in [0.5, 0.6) is 0 Å². The molecule has 148 valence electrons. The van der Waals surface area contributed by atoms with Gasteiger partial charge < -0.3 is 15.3 Å². The van der Waals surface area contributed by atoms with Crippen LogP contribution in [-0.2, 0) is 0 Å². The van der Waals surface area contributed by atoms with Crippen LogP contribution in [0.2, 0.25) is 0 Å². The third-order valence-electron chi connectivity index (χ3n) is 8.89. The van der Waals surface area contributed by atoms with Crippen molar-refractivity contribution >= 4 is 0 Å². The Balaban J connectivity index is 1.74. The van der Waals surface area contributed by atoms with Gasteiger partial charge in [0.05, 0.1) is 12.2 Å². The first kappa shape index (κ1) is 19.0. The highest BCUT2D eigenvalue weighted by atomic mass is 16.3. The normalized spacial score (nSPS) is 47.9. The quantitative estimate of drug-likeness (QED) is 0.377. The third kappa shape index (κ3) is 2.60. The van der Waals surface area contributed by atoms with Gasteiger partial charge in [0.1, 0.15) is 0 Å². The zero-order valence-corrected chi connectivity index (χ0v) is 16.5. The van der Waals surface area contributed by atoms with E-state index in [-0.39, 0.29) is 23.2 Å². The van der Waals surface area contributed by atoms with Crippen molar-refractivity contribution in [2.24, 2.45) is 34.5 Å². The fourth-order valence-corrected chi connectivity index (χ4v) is 7.71. The maximum atomic E-state index is 10.9. The molecule has 0 heterocycles. The Bertz CT molecular complexity index is 709. The Kier molecular flexibility index (Phi) is 4.63. The maximum absolute atomic E-state index is 10.9. The van der Waals surface area contributed by atoms with Crippen molar-refractivity contribution in [3.05, 3.63) is 28.6 Å². The lowest BCUT2D eigenvalue weighted by molar-refractivity contribution is -0.0744. The molecule has 3 fully saturated rings. The number of hydrogen-bond donors (Lipinski definition) is 3. The lowest BCUT2D eigenvalue weighted by Crippen LogP contribution is -2.52. The predicted octanol–water partition coefficient (Wildman–Crippen LogP) is 4.54. The number of diazo groups is 1. The molecular formula is C22H33N2O3+. The maximum Gasteiger partial charge on any atom is 0.387 e. The molecular weight excluding hydrogens is 340 g/mol. The van der Waals surface area contributed by atoms with Gasteiger partial charge in [-0.2, -0.15) is 0 Å². The van der Waals surface area contributed by atoms with Crippen LogP contribution in [0.4, 0.5) is 0 Å². The standard InChI is InChI=1S/C22H32N2O3/c1-13(25)17-5-6-19-16-4-3-14-11-15(26)7-9-21(14,2)18(16)8-10-22(17,19)20(27)12-24-23/h3,12-13,15-19,25-26H,4-11H2,1-2H3/p+1/b20-12-/t13-,15+,16-,17-,18+,19+,21+,22+/m1/s1. The Morgan fingerprint density at radius 2 is 2.04 bits per heavy atom. The van der Waals surface area contributed by atoms with Crippen molar-refractivity contribution in [3.8, 4) is 0 Å². The lowest BCUT2D eigenvalue weighted by atomic mass is 9.46. The van der Waals surface area contributed by atoms with Gasteiger partial charge in [0.15, 0.2) is 10.7 Å². The van der Waals surface area contributed by atoms with Crippen LogP contribution in [0, 0.1) is 39.9 Å². The number of allylic oxidation sites excluding steroid dienone is 2. The molecule has 4 aliphatic carbocycles. The van der Waals surface area contributed by atoms with Gasteiger partial charge in [-0.15, -0.1) is 0 Å². The molecule has 27 heavy (non-hydrogen) atoms. The van der Waals surface area contributed by atoms with Crippen LogP contribution in [0.25, 0.3) is 4.98 Å². The molecule has 0 aromatic heterocycles. The SMILES string of the molecule is C[C@@H](O)[C@H]1CC[C@H]2[C@@H]3CC=C4C[C@@H](O)CC[C@]4(C)[C@H]3CC[C@]12/C(O)=C/[N+]#N. The van der Waals surface area contributed by atoms with Gasteiger partial charge in [-0.25, -0.2) is 0 Å². The Morgan fingerprint density at radius 3 is 2.74 bits per heavy atom. The molecule has 0 aromatic carbocycles. The summed E-state index contributed by atoms with van der Waals surface area (Å²) in [6, 6.07) is 0. The number of aliphatic hydroxyl groups is 3. The molecule has 0 saturated heterocycles. The number of rotatable bonds is 2. The Labute approximate surface area is 161 Å². The predicted molar refractivity (Wildman–Crippen MR) is 103 cm³/mol. The van der Waals surface area contributed by atoms with Gasteiger partial charge in [-0.1, -0.05) is 18.6 Å². The molecule has 0 aliphatic heterocycles. The largest absolute Gasteiger partial charge is 0.505 e. The van der Waals surface area contributed by atoms with Gasteiger partial charge in [0.2, 0.25) is 5.39 Å². The van der Waals surface area contributed by atoms with Crippen LogP contribution in [0.3, 0.4) is 0 Å². The van der Waals surface area contributed by atoms with E-state index in [9.17, 15) is 15.3 Å². The number of aliphatic hydroxyl groups excluding tert-OH is 3. The zero-order chi connectivity index (χ0) is 19.4. The Morgan fingerprint density at radius 1 is 1.26 bits per heavy atom. The molecule has 0 aromatic rings. The summed E-state index contributed by atoms with van der Waals surface area (Å²) in [6.45, 7) is 4.21. The molecule has 0 amide bonds. The van der Waals surface area contributed by atoms with Crippen LogP contribution >= 0.6 is 0 Å². The molecule has 4 aliphatic rings. The second kappa shape index (κ2) is 6.60. The van der Waals surface area contributed by atoms with Crippen LogP contribution < -0.4 is 0 Å². The topological polar surface area (TPSA) is 88.8 Å². The average Bonchev–Trinajstić information content (AvgIpc) is 3.03. The summed E-state index contributed by atoms with van der Waals surface area (Å²) in [6.07, 6.45) is 10.3. The molecule has 4 rings (SSSR count). The summed E-state index contributed by atoms with van der Waals surface area (Å²) in [5, 5.41) is 40.6. The number of hydrogen-bond acceptors (Lipinski definition) is 4. The minimum Gasteiger partial charge on any atom is -0.505 e. The highest BCUT2D eigenvalue weighted by Crippen LogP contribution is 2.68. The van der Waals surface area contributed by atoms with Crippen molar-refractivity contribution in [2.75, 3.05) is 0 Å². The van der Waals surface area contributed by atoms with E-state index in [1.807, 2.05) is 6.92 Å². The molecule has 8 atom stereocenters. The minimum absolute atomic E-state index is 0.00723. The molecule has 0 bridgehead atoms. The fraction of sp³-hybridized carbons (Fsp3) is 0.818. The first-order chi connectivity index (χ1) is 12.8. The van der Waals surface area contributed by atoms with Crippen LogP contribution in [0.15, 0.2) is 23.6 Å². The number of nitrogens with zero attached hydrogens (tertiary/aromatic N) is 2. The smallest absolute Gasteiger partial charge is 0.387 e. The summed E-state index contributed by atoms with van der Waals surface area (Å²) in [5.41, 5.74) is 1.11. The molecule has 3 saturated carbocycles. The van der Waals surface area contributed by atoms with Crippen LogP contribution in [-0.4, -0.2) is 27.5 Å². The molecule has 0 unspecified atom stereocenters. The summed E-state index contributed by atoms with van der Waals surface area (Å²) in [7, 11) is 0. The van der Waals surface area contributed by atoms with Crippen LogP contribution in [0.1, 0.15) is 65.2 Å². The van der Waals surface area contributed by atoms with E-state index in [2.05, 4.69) is 18.0 Å². The summed E-state index contributed by atoms with van der Waals surface area (Å²) < 4.78 is 0. The van der Waals surface area contributed by atoms with E-state index in [0.29, 0.717) is 17.8 Å². The summed E-state index contributed by atoms with van der Waals surface area (Å²) in [4.78, 5) is 3.12. The van der Waals surface area contributed by atoms with E-state index in [0.717, 1.165) is 51.4 Å². The fourth-order valence-electron chi connectivity index (χ4n) is 7.71. The molecule has 5 heteroatoms. The van der Waals surface area contributed by atoms with E-state index in [4.69, 9.17) is 5.39 Å². The lowest BCUT2D eigenvalue weighted by Gasteiger charge is -2.58. The van der Waals surface area contributed by atoms with Gasteiger partial charge in [0, 0.05) is 5.41 Å². The van der Waals surface area contributed by atoms with Crippen molar-refractivity contribution < 1.29 is 15.3 Å². The second-order valence-corrected chi connectivity index (χ2v) is 9.79. The van der Waals surface area contributed by atoms with Crippen molar-refractivity contribution in [3.63, 3.8) is 0 Å². The highest BCUT2D eigenvalue weighted by Gasteiger charge is 2.63. The van der Waals surface area contributed by atoms with Gasteiger partial charge in [0.25, 0.3) is 0 Å². The minimum atomic E-state index is -0.490. The molecule has 5 nitrogen and oxygen atoms in total. The first-order valence-electron chi connectivity index (χ1n) is 10.6. The monoisotopic (exact) mass is 373 g/mol. The van der Waals surface area contributed by atoms with Gasteiger partial charge >= 0.3 is 6.20 Å². The van der Waals surface area contributed by atoms with Gasteiger partial charge in [-0.05, 0) is 87.4 Å². The molecule has 3 N–H and O–H groups in total. The zero-order valence-electron chi connectivity index (χ0n) is 16.5. The van der Waals surface area contributed by atoms with Crippen molar-refractivity contribution in [1.82, 2.24) is 0 Å².